The van der Waals surface area contributed by atoms with Crippen LogP contribution in [0.5, 0.6) is 0 Å². The second kappa shape index (κ2) is 5.09. The Morgan fingerprint density at radius 2 is 2.20 bits per heavy atom. The molecule has 6 nitrogen and oxygen atoms in total. The normalized spacial score (nSPS) is 17.9. The van der Waals surface area contributed by atoms with E-state index in [4.69, 9.17) is 10.5 Å². The van der Waals surface area contributed by atoms with Gasteiger partial charge in [-0.15, -0.1) is 0 Å². The van der Waals surface area contributed by atoms with Crippen molar-refractivity contribution >= 4 is 11.8 Å². The van der Waals surface area contributed by atoms with Crippen LogP contribution in [0, 0.1) is 0 Å². The van der Waals surface area contributed by atoms with E-state index in [1.807, 2.05) is 6.92 Å². The highest BCUT2D eigenvalue weighted by molar-refractivity contribution is 5.78. The Bertz CT molecular complexity index is 251. The fourth-order valence-corrected chi connectivity index (χ4v) is 1.20. The number of nitrogens with one attached hydrogen (secondary N) is 2. The summed E-state index contributed by atoms with van der Waals surface area (Å²) in [4.78, 5) is 21.6. The second-order valence-corrected chi connectivity index (χ2v) is 3.91. The zero-order chi connectivity index (χ0) is 11.3. The van der Waals surface area contributed by atoms with Crippen molar-refractivity contribution in [1.82, 2.24) is 10.6 Å². The van der Waals surface area contributed by atoms with Crippen LogP contribution in [0.1, 0.15) is 13.3 Å². The third-order valence-corrected chi connectivity index (χ3v) is 2.24. The number of carbonyl (C=O) groups is 2. The van der Waals surface area contributed by atoms with Crippen LogP contribution in [-0.4, -0.2) is 43.7 Å². The van der Waals surface area contributed by atoms with Gasteiger partial charge >= 0.3 is 0 Å². The van der Waals surface area contributed by atoms with Gasteiger partial charge in [0.1, 0.15) is 6.61 Å². The summed E-state index contributed by atoms with van der Waals surface area (Å²) >= 11 is 0. The maximum atomic E-state index is 11.2. The number of rotatable bonds is 6. The van der Waals surface area contributed by atoms with Crippen molar-refractivity contribution in [3.63, 3.8) is 0 Å². The fourth-order valence-electron chi connectivity index (χ4n) is 1.20. The fraction of sp³-hybridized carbons (Fsp3) is 0.778. The molecule has 1 aliphatic rings. The average Bonchev–Trinajstić information content (AvgIpc) is 2.11. The lowest BCUT2D eigenvalue weighted by Crippen LogP contribution is -2.59. The summed E-state index contributed by atoms with van der Waals surface area (Å²) in [6.45, 7) is 3.77. The molecule has 0 aromatic carbocycles. The molecule has 0 spiro atoms. The van der Waals surface area contributed by atoms with Crippen LogP contribution >= 0.6 is 0 Å². The van der Waals surface area contributed by atoms with Gasteiger partial charge in [-0.2, -0.15) is 0 Å². The summed E-state index contributed by atoms with van der Waals surface area (Å²) in [5.41, 5.74) is 4.70. The molecule has 1 aliphatic heterocycles. The van der Waals surface area contributed by atoms with Gasteiger partial charge in [-0.1, -0.05) is 0 Å². The minimum atomic E-state index is -0.425. The first-order valence-corrected chi connectivity index (χ1v) is 4.91. The van der Waals surface area contributed by atoms with Crippen LogP contribution < -0.4 is 16.4 Å². The Labute approximate surface area is 88.5 Å². The van der Waals surface area contributed by atoms with Crippen molar-refractivity contribution in [2.24, 2.45) is 5.73 Å². The van der Waals surface area contributed by atoms with Crippen molar-refractivity contribution in [3.05, 3.63) is 0 Å². The highest BCUT2D eigenvalue weighted by Crippen LogP contribution is 2.14. The van der Waals surface area contributed by atoms with E-state index in [2.05, 4.69) is 10.6 Å². The van der Waals surface area contributed by atoms with Crippen LogP contribution in [0.15, 0.2) is 0 Å². The molecule has 15 heavy (non-hydrogen) atoms. The topological polar surface area (TPSA) is 93.4 Å². The summed E-state index contributed by atoms with van der Waals surface area (Å²) in [5.74, 6) is -0.643. The van der Waals surface area contributed by atoms with Gasteiger partial charge in [0.15, 0.2) is 0 Å². The Kier molecular flexibility index (Phi) is 4.05. The molecule has 0 radical (unpaired) electrons. The number of nitrogens with two attached hydrogens (primary N) is 1. The largest absolute Gasteiger partial charge is 0.370 e. The van der Waals surface area contributed by atoms with Gasteiger partial charge in [-0.25, -0.2) is 0 Å². The number of carbonyl (C=O) groups excluding carboxylic acids is 2. The second-order valence-electron chi connectivity index (χ2n) is 3.91. The lowest BCUT2D eigenvalue weighted by atomic mass is 10.0. The van der Waals surface area contributed by atoms with E-state index in [1.165, 1.54) is 0 Å². The maximum Gasteiger partial charge on any atom is 0.246 e. The lowest BCUT2D eigenvalue weighted by molar-refractivity contribution is -0.135. The molecule has 0 aliphatic carbocycles. The molecule has 0 aromatic rings. The van der Waals surface area contributed by atoms with E-state index >= 15 is 0 Å². The SMILES string of the molecule is CC1(OCC(=O)NCCC(N)=O)CNC1. The number of hydrogen-bond donors (Lipinski definition) is 3. The molecule has 0 aromatic heterocycles. The third-order valence-electron chi connectivity index (χ3n) is 2.24. The summed E-state index contributed by atoms with van der Waals surface area (Å²) in [7, 11) is 0. The molecule has 0 saturated carbocycles. The molecule has 1 fully saturated rings. The molecule has 0 atom stereocenters. The van der Waals surface area contributed by atoms with E-state index in [-0.39, 0.29) is 31.1 Å². The summed E-state index contributed by atoms with van der Waals surface area (Å²) in [5, 5.41) is 5.62. The van der Waals surface area contributed by atoms with E-state index in [1.54, 1.807) is 0 Å². The predicted molar refractivity (Wildman–Crippen MR) is 54.0 cm³/mol. The van der Waals surface area contributed by atoms with Gasteiger partial charge in [0.25, 0.3) is 0 Å². The molecule has 0 unspecified atom stereocenters. The number of ether oxygens (including phenoxy) is 1. The first-order chi connectivity index (χ1) is 7.02. The molecule has 6 heteroatoms. The molecular formula is C9H17N3O3. The minimum absolute atomic E-state index is 0.0247. The van der Waals surface area contributed by atoms with Crippen LogP contribution in [0.25, 0.3) is 0 Å². The standard InChI is InChI=1S/C9H17N3O3/c1-9(5-11-6-9)15-4-8(14)12-3-2-7(10)13/h11H,2-6H2,1H3,(H2,10,13)(H,12,14). The first-order valence-electron chi connectivity index (χ1n) is 4.91. The molecule has 4 N–H and O–H groups in total. The Morgan fingerprint density at radius 3 is 2.67 bits per heavy atom. The van der Waals surface area contributed by atoms with E-state index < -0.39 is 5.91 Å². The van der Waals surface area contributed by atoms with E-state index in [9.17, 15) is 9.59 Å². The van der Waals surface area contributed by atoms with Crippen molar-refractivity contribution in [3.8, 4) is 0 Å². The van der Waals surface area contributed by atoms with Crippen molar-refractivity contribution < 1.29 is 14.3 Å². The Morgan fingerprint density at radius 1 is 1.53 bits per heavy atom. The number of hydrogen-bond acceptors (Lipinski definition) is 4. The van der Waals surface area contributed by atoms with Crippen molar-refractivity contribution in [2.75, 3.05) is 26.2 Å². The van der Waals surface area contributed by atoms with Gasteiger partial charge in [-0.05, 0) is 6.92 Å². The first kappa shape index (κ1) is 11.9. The molecule has 1 rings (SSSR count). The summed E-state index contributed by atoms with van der Waals surface area (Å²) < 4.78 is 5.39. The molecule has 86 valence electrons. The van der Waals surface area contributed by atoms with E-state index in [0.29, 0.717) is 0 Å². The van der Waals surface area contributed by atoms with Gasteiger partial charge < -0.3 is 21.1 Å². The molecular weight excluding hydrogens is 198 g/mol. The number of amides is 2. The predicted octanol–water partition coefficient (Wildman–Crippen LogP) is -1.64. The van der Waals surface area contributed by atoms with Gasteiger partial charge in [0.05, 0.1) is 5.60 Å². The number of primary amides is 1. The summed E-state index contributed by atoms with van der Waals surface area (Å²) in [6, 6.07) is 0. The minimum Gasteiger partial charge on any atom is -0.370 e. The Hall–Kier alpha value is -1.14. The lowest BCUT2D eigenvalue weighted by Gasteiger charge is -2.38. The van der Waals surface area contributed by atoms with Crippen LogP contribution in [0.2, 0.25) is 0 Å². The monoisotopic (exact) mass is 215 g/mol. The molecule has 1 saturated heterocycles. The zero-order valence-corrected chi connectivity index (χ0v) is 8.84. The van der Waals surface area contributed by atoms with Crippen LogP contribution in [0.3, 0.4) is 0 Å². The van der Waals surface area contributed by atoms with Crippen molar-refractivity contribution in [2.45, 2.75) is 18.9 Å². The maximum absolute atomic E-state index is 11.2. The van der Waals surface area contributed by atoms with Crippen LogP contribution in [0.4, 0.5) is 0 Å². The molecule has 0 bridgehead atoms. The van der Waals surface area contributed by atoms with E-state index in [0.717, 1.165) is 13.1 Å². The third kappa shape index (κ3) is 4.26. The zero-order valence-electron chi connectivity index (χ0n) is 8.84. The average molecular weight is 215 g/mol. The molecule has 1 heterocycles. The van der Waals surface area contributed by atoms with Gasteiger partial charge in [-0.3, -0.25) is 9.59 Å². The van der Waals surface area contributed by atoms with Gasteiger partial charge in [0, 0.05) is 26.1 Å². The highest BCUT2D eigenvalue weighted by Gasteiger charge is 2.32. The summed E-state index contributed by atoms with van der Waals surface area (Å²) in [6.07, 6.45) is 0.157. The Balaban J connectivity index is 2.05. The smallest absolute Gasteiger partial charge is 0.246 e. The van der Waals surface area contributed by atoms with Crippen molar-refractivity contribution in [1.29, 1.82) is 0 Å². The highest BCUT2D eigenvalue weighted by atomic mass is 16.5. The van der Waals surface area contributed by atoms with Gasteiger partial charge in [0.2, 0.25) is 11.8 Å². The quantitative estimate of drug-likeness (QED) is 0.495. The molecule has 2 amide bonds. The van der Waals surface area contributed by atoms with Crippen LogP contribution in [-0.2, 0) is 14.3 Å².